The van der Waals surface area contributed by atoms with Crippen LogP contribution in [0.5, 0.6) is 0 Å². The number of para-hydroxylation sites is 1. The summed E-state index contributed by atoms with van der Waals surface area (Å²) in [7, 11) is 0. The smallest absolute Gasteiger partial charge is 0.167 e. The molecule has 0 fully saturated rings. The maximum Gasteiger partial charge on any atom is 0.167 e. The second-order valence-corrected chi connectivity index (χ2v) is 12.0. The van der Waals surface area contributed by atoms with Crippen molar-refractivity contribution < 1.29 is 4.42 Å². The highest BCUT2D eigenvalue weighted by molar-refractivity contribution is 6.15. The van der Waals surface area contributed by atoms with Crippen molar-refractivity contribution in [1.29, 1.82) is 0 Å². The summed E-state index contributed by atoms with van der Waals surface area (Å²) < 4.78 is 6.63. The number of nitrogens with zero attached hydrogens (tertiary/aromatic N) is 3. The first-order chi connectivity index (χ1) is 24.3. The molecule has 0 N–H and O–H groups in total. The van der Waals surface area contributed by atoms with Gasteiger partial charge < -0.3 is 4.42 Å². The Morgan fingerprint density at radius 1 is 0.327 bits per heavy atom. The van der Waals surface area contributed by atoms with Crippen molar-refractivity contribution >= 4 is 21.9 Å². The van der Waals surface area contributed by atoms with Crippen molar-refractivity contribution in [3.8, 4) is 67.5 Å². The molecule has 0 aliphatic carbocycles. The molecule has 0 radical (unpaired) electrons. The van der Waals surface area contributed by atoms with Crippen molar-refractivity contribution in [3.63, 3.8) is 0 Å². The van der Waals surface area contributed by atoms with Crippen LogP contribution in [0.4, 0.5) is 0 Å². The van der Waals surface area contributed by atoms with Gasteiger partial charge in [-0.25, -0.2) is 15.0 Å². The van der Waals surface area contributed by atoms with Gasteiger partial charge in [-0.3, -0.25) is 0 Å². The third-order valence-corrected chi connectivity index (χ3v) is 8.97. The van der Waals surface area contributed by atoms with Gasteiger partial charge in [0.1, 0.15) is 11.2 Å². The number of hydrogen-bond acceptors (Lipinski definition) is 4. The summed E-state index contributed by atoms with van der Waals surface area (Å²) in [6.45, 7) is 0. The fourth-order valence-electron chi connectivity index (χ4n) is 6.53. The zero-order valence-corrected chi connectivity index (χ0v) is 26.5. The quantitative estimate of drug-likeness (QED) is 0.184. The summed E-state index contributed by atoms with van der Waals surface area (Å²) in [5, 5.41) is 2.10. The summed E-state index contributed by atoms with van der Waals surface area (Å²) >= 11 is 0. The molecule has 0 bridgehead atoms. The fourth-order valence-corrected chi connectivity index (χ4v) is 6.53. The molecule has 4 heteroatoms. The summed E-state index contributed by atoms with van der Waals surface area (Å²) in [4.78, 5) is 15.3. The molecule has 9 aromatic rings. The Hall–Kier alpha value is -6.65. The van der Waals surface area contributed by atoms with Gasteiger partial charge in [-0.05, 0) is 51.6 Å². The predicted octanol–water partition coefficient (Wildman–Crippen LogP) is 11.8. The first-order valence-corrected chi connectivity index (χ1v) is 16.4. The number of fused-ring (bicyclic) bond motifs is 3. The Labute approximate surface area is 284 Å². The van der Waals surface area contributed by atoms with Gasteiger partial charge in [0, 0.05) is 21.9 Å². The lowest BCUT2D eigenvalue weighted by Crippen LogP contribution is -2.00. The molecule has 0 unspecified atom stereocenters. The van der Waals surface area contributed by atoms with Gasteiger partial charge >= 0.3 is 0 Å². The predicted molar refractivity (Wildman–Crippen MR) is 200 cm³/mol. The molecule has 0 amide bonds. The second kappa shape index (κ2) is 12.2. The van der Waals surface area contributed by atoms with Crippen molar-refractivity contribution in [2.75, 3.05) is 0 Å². The molecule has 0 saturated heterocycles. The van der Waals surface area contributed by atoms with E-state index in [0.29, 0.717) is 17.5 Å². The standard InChI is InChI=1S/C45H29N3O/c1-4-13-30(14-5-1)32-23-25-34(26-24-32)43-46-44(36-20-12-19-35(29-36)31-15-6-2-7-16-31)48-45(47-43)39-28-27-37(33-17-8-3-9-18-33)41-38-21-10-11-22-40(38)49-42(39)41/h1-29H. The van der Waals surface area contributed by atoms with E-state index in [2.05, 4.69) is 146 Å². The van der Waals surface area contributed by atoms with Crippen LogP contribution in [0.1, 0.15) is 0 Å². The molecule has 2 aromatic heterocycles. The minimum atomic E-state index is 0.556. The van der Waals surface area contributed by atoms with Crippen LogP contribution in [0.3, 0.4) is 0 Å². The lowest BCUT2D eigenvalue weighted by atomic mass is 9.97. The number of furan rings is 1. The zero-order valence-electron chi connectivity index (χ0n) is 26.5. The van der Waals surface area contributed by atoms with Crippen molar-refractivity contribution in [2.45, 2.75) is 0 Å². The fraction of sp³-hybridized carbons (Fsp3) is 0. The largest absolute Gasteiger partial charge is 0.455 e. The number of rotatable bonds is 6. The first kappa shape index (κ1) is 28.6. The van der Waals surface area contributed by atoms with E-state index in [9.17, 15) is 0 Å². The van der Waals surface area contributed by atoms with Crippen molar-refractivity contribution in [2.24, 2.45) is 0 Å². The van der Waals surface area contributed by atoms with Gasteiger partial charge in [-0.1, -0.05) is 158 Å². The van der Waals surface area contributed by atoms with E-state index in [1.54, 1.807) is 0 Å². The van der Waals surface area contributed by atoms with Crippen LogP contribution in [-0.4, -0.2) is 15.0 Å². The maximum atomic E-state index is 6.63. The lowest BCUT2D eigenvalue weighted by Gasteiger charge is -2.11. The molecule has 0 saturated carbocycles. The summed E-state index contributed by atoms with van der Waals surface area (Å²) in [6.07, 6.45) is 0. The van der Waals surface area contributed by atoms with Crippen LogP contribution in [0.15, 0.2) is 180 Å². The molecule has 49 heavy (non-hydrogen) atoms. The van der Waals surface area contributed by atoms with Crippen LogP contribution in [0.25, 0.3) is 89.5 Å². The Kier molecular flexibility index (Phi) is 7.10. The van der Waals surface area contributed by atoms with Crippen molar-refractivity contribution in [3.05, 3.63) is 176 Å². The van der Waals surface area contributed by atoms with Gasteiger partial charge in [0.25, 0.3) is 0 Å². The zero-order chi connectivity index (χ0) is 32.6. The molecule has 0 atom stereocenters. The average molecular weight is 628 g/mol. The molecular weight excluding hydrogens is 599 g/mol. The number of benzene rings is 7. The van der Waals surface area contributed by atoms with E-state index in [4.69, 9.17) is 19.4 Å². The Balaban J connectivity index is 1.25. The summed E-state index contributed by atoms with van der Waals surface area (Å²) in [6, 6.07) is 60.4. The van der Waals surface area contributed by atoms with E-state index in [0.717, 1.165) is 72.0 Å². The monoisotopic (exact) mass is 627 g/mol. The normalized spacial score (nSPS) is 11.3. The second-order valence-electron chi connectivity index (χ2n) is 12.0. The molecule has 7 aromatic carbocycles. The van der Waals surface area contributed by atoms with Crippen LogP contribution < -0.4 is 0 Å². The Morgan fingerprint density at radius 2 is 0.816 bits per heavy atom. The van der Waals surface area contributed by atoms with E-state index in [1.807, 2.05) is 30.3 Å². The molecule has 0 spiro atoms. The van der Waals surface area contributed by atoms with Gasteiger partial charge in [0.05, 0.1) is 5.56 Å². The van der Waals surface area contributed by atoms with Gasteiger partial charge in [-0.15, -0.1) is 0 Å². The highest BCUT2D eigenvalue weighted by Gasteiger charge is 2.21. The molecular formula is C45H29N3O. The van der Waals surface area contributed by atoms with E-state index < -0.39 is 0 Å². The van der Waals surface area contributed by atoms with Gasteiger partial charge in [0.2, 0.25) is 0 Å². The Morgan fingerprint density at radius 3 is 1.53 bits per heavy atom. The number of aromatic nitrogens is 3. The highest BCUT2D eigenvalue weighted by atomic mass is 16.3. The third-order valence-electron chi connectivity index (χ3n) is 8.97. The highest BCUT2D eigenvalue weighted by Crippen LogP contribution is 2.41. The average Bonchev–Trinajstić information content (AvgIpc) is 3.58. The van der Waals surface area contributed by atoms with Crippen LogP contribution in [0, 0.1) is 0 Å². The van der Waals surface area contributed by atoms with E-state index in [1.165, 1.54) is 0 Å². The van der Waals surface area contributed by atoms with Crippen LogP contribution in [0.2, 0.25) is 0 Å². The minimum absolute atomic E-state index is 0.556. The maximum absolute atomic E-state index is 6.63. The molecule has 2 heterocycles. The van der Waals surface area contributed by atoms with E-state index in [-0.39, 0.29) is 0 Å². The molecule has 9 rings (SSSR count). The minimum Gasteiger partial charge on any atom is -0.455 e. The lowest BCUT2D eigenvalue weighted by molar-refractivity contribution is 0.669. The Bertz CT molecular complexity index is 2580. The molecule has 230 valence electrons. The van der Waals surface area contributed by atoms with Crippen LogP contribution in [-0.2, 0) is 0 Å². The summed E-state index contributed by atoms with van der Waals surface area (Å²) in [5.74, 6) is 1.75. The third kappa shape index (κ3) is 5.35. The number of hydrogen-bond donors (Lipinski definition) is 0. The molecule has 0 aliphatic heterocycles. The molecule has 0 aliphatic rings. The topological polar surface area (TPSA) is 51.8 Å². The SMILES string of the molecule is c1ccc(-c2ccc(-c3nc(-c4cccc(-c5ccccc5)c4)nc(-c4ccc(-c5ccccc5)c5c4oc4ccccc45)n3)cc2)cc1. The van der Waals surface area contributed by atoms with E-state index >= 15 is 0 Å². The van der Waals surface area contributed by atoms with Crippen LogP contribution >= 0.6 is 0 Å². The van der Waals surface area contributed by atoms with Gasteiger partial charge in [-0.2, -0.15) is 0 Å². The van der Waals surface area contributed by atoms with Crippen molar-refractivity contribution in [1.82, 2.24) is 15.0 Å². The van der Waals surface area contributed by atoms with Gasteiger partial charge in [0.15, 0.2) is 17.5 Å². The summed E-state index contributed by atoms with van der Waals surface area (Å²) in [5.41, 5.74) is 11.0. The molecule has 4 nitrogen and oxygen atoms in total. The first-order valence-electron chi connectivity index (χ1n) is 16.4.